The van der Waals surface area contributed by atoms with Crippen molar-refractivity contribution in [3.05, 3.63) is 60.2 Å². The second-order valence-corrected chi connectivity index (χ2v) is 6.49. The zero-order valence-electron chi connectivity index (χ0n) is 14.5. The molecule has 1 fully saturated rings. The number of H-pyrrole nitrogens is 1. The number of fused-ring (bicyclic) bond motifs is 1. The Kier molecular flexibility index (Phi) is 5.51. The molecule has 1 aliphatic rings. The summed E-state index contributed by atoms with van der Waals surface area (Å²) in [5.41, 5.74) is 5.29. The molecule has 1 aliphatic carbocycles. The third-order valence-electron chi connectivity index (χ3n) is 4.39. The van der Waals surface area contributed by atoms with Crippen molar-refractivity contribution in [3.8, 4) is 11.3 Å². The maximum Gasteiger partial charge on any atom is 0.0863 e. The molecule has 1 aromatic heterocycles. The Morgan fingerprint density at radius 1 is 1.12 bits per heavy atom. The summed E-state index contributed by atoms with van der Waals surface area (Å²) in [5.74, 6) is -1.08. The van der Waals surface area contributed by atoms with Gasteiger partial charge < -0.3 is 20.2 Å². The Labute approximate surface area is 147 Å². The molecule has 4 nitrogen and oxygen atoms in total. The van der Waals surface area contributed by atoms with Crippen LogP contribution in [-0.4, -0.2) is 23.5 Å². The van der Waals surface area contributed by atoms with Crippen molar-refractivity contribution in [2.75, 3.05) is 6.54 Å². The van der Waals surface area contributed by atoms with Gasteiger partial charge in [0, 0.05) is 41.8 Å². The summed E-state index contributed by atoms with van der Waals surface area (Å²) in [5, 5.41) is 12.8. The first-order valence-electron chi connectivity index (χ1n) is 8.81. The van der Waals surface area contributed by atoms with E-state index in [-0.39, 0.29) is 0 Å². The maximum absolute atomic E-state index is 8.89. The Balaban J connectivity index is 0.000000415. The summed E-state index contributed by atoms with van der Waals surface area (Å²) in [6.07, 6.45) is 3.93. The number of rotatable bonds is 5. The van der Waals surface area contributed by atoms with E-state index in [1.165, 1.54) is 47.1 Å². The van der Waals surface area contributed by atoms with Gasteiger partial charge in [0.05, 0.1) is 12.6 Å². The van der Waals surface area contributed by atoms with E-state index >= 15 is 0 Å². The van der Waals surface area contributed by atoms with Gasteiger partial charge in [-0.3, -0.25) is 0 Å². The molecule has 0 aliphatic heterocycles. The van der Waals surface area contributed by atoms with Gasteiger partial charge in [-0.1, -0.05) is 48.5 Å². The van der Waals surface area contributed by atoms with Crippen molar-refractivity contribution < 1.29 is 15.2 Å². The van der Waals surface area contributed by atoms with Gasteiger partial charge in [0.25, 0.3) is 0 Å². The highest BCUT2D eigenvalue weighted by Crippen LogP contribution is 2.30. The summed E-state index contributed by atoms with van der Waals surface area (Å²) in [4.78, 5) is 12.5. The standard InChI is InChI=1S/C19H20N2.C2H4O2/c1-2-6-14(7-3-1)19-17(12-13-20-15-10-11-15)16-8-4-5-9-18(16)21-19;1-2(3)4/h1-9,15,20-21H,10-13H2;1H3,(H,3,4). The average Bonchev–Trinajstić information content (AvgIpc) is 3.35. The van der Waals surface area contributed by atoms with Crippen LogP contribution in [0.25, 0.3) is 22.2 Å². The number of nitrogens with one attached hydrogen (secondary N) is 1. The number of hydrogen-bond donors (Lipinski definition) is 2. The Morgan fingerprint density at radius 2 is 1.76 bits per heavy atom. The zero-order valence-corrected chi connectivity index (χ0v) is 14.5. The molecule has 3 aromatic rings. The summed E-state index contributed by atoms with van der Waals surface area (Å²) in [6.45, 7) is 2.16. The highest BCUT2D eigenvalue weighted by molar-refractivity contribution is 5.90. The minimum atomic E-state index is -1.08. The number of benzene rings is 2. The lowest BCUT2D eigenvalue weighted by molar-refractivity contribution is -0.667. The van der Waals surface area contributed by atoms with Gasteiger partial charge in [-0.05, 0) is 24.1 Å². The number of hydrogen-bond acceptors (Lipinski definition) is 2. The predicted octanol–water partition coefficient (Wildman–Crippen LogP) is 1.86. The number of carbonyl (C=O) groups is 1. The van der Waals surface area contributed by atoms with Crippen molar-refractivity contribution in [2.24, 2.45) is 0 Å². The van der Waals surface area contributed by atoms with E-state index < -0.39 is 5.97 Å². The second-order valence-electron chi connectivity index (χ2n) is 6.49. The van der Waals surface area contributed by atoms with E-state index in [1.807, 2.05) is 0 Å². The predicted molar refractivity (Wildman–Crippen MR) is 97.9 cm³/mol. The molecule has 0 spiro atoms. The highest BCUT2D eigenvalue weighted by Gasteiger charge is 2.25. The number of quaternary nitrogens is 1. The van der Waals surface area contributed by atoms with E-state index in [0.717, 1.165) is 19.4 Å². The van der Waals surface area contributed by atoms with Crippen LogP contribution in [-0.2, 0) is 11.2 Å². The van der Waals surface area contributed by atoms with E-state index in [1.54, 1.807) is 0 Å². The maximum atomic E-state index is 8.89. The van der Waals surface area contributed by atoms with Crippen LogP contribution in [0.1, 0.15) is 25.3 Å². The van der Waals surface area contributed by atoms with Crippen LogP contribution in [0.15, 0.2) is 54.6 Å². The molecule has 0 unspecified atom stereocenters. The molecule has 1 heterocycles. The lowest BCUT2D eigenvalue weighted by Crippen LogP contribution is -2.86. The molecular weight excluding hydrogens is 312 g/mol. The smallest absolute Gasteiger partial charge is 0.0863 e. The fourth-order valence-electron chi connectivity index (χ4n) is 3.11. The summed E-state index contributed by atoms with van der Waals surface area (Å²) in [7, 11) is 0. The number of para-hydroxylation sites is 1. The van der Waals surface area contributed by atoms with Gasteiger partial charge in [-0.25, -0.2) is 0 Å². The largest absolute Gasteiger partial charge is 0.550 e. The first-order chi connectivity index (χ1) is 12.1. The molecule has 0 amide bonds. The van der Waals surface area contributed by atoms with Crippen LogP contribution in [0, 0.1) is 0 Å². The van der Waals surface area contributed by atoms with Gasteiger partial charge in [-0.15, -0.1) is 0 Å². The summed E-state index contributed by atoms with van der Waals surface area (Å²) < 4.78 is 0. The van der Waals surface area contributed by atoms with Gasteiger partial charge in [0.2, 0.25) is 0 Å². The topological polar surface area (TPSA) is 72.5 Å². The normalized spacial score (nSPS) is 13.3. The highest BCUT2D eigenvalue weighted by atomic mass is 16.4. The van der Waals surface area contributed by atoms with Crippen LogP contribution in [0.3, 0.4) is 0 Å². The van der Waals surface area contributed by atoms with Crippen molar-refractivity contribution >= 4 is 16.9 Å². The molecule has 0 bridgehead atoms. The van der Waals surface area contributed by atoms with Crippen molar-refractivity contribution in [1.82, 2.24) is 4.98 Å². The molecule has 2 aromatic carbocycles. The molecule has 0 saturated heterocycles. The quantitative estimate of drug-likeness (QED) is 0.746. The van der Waals surface area contributed by atoms with E-state index in [4.69, 9.17) is 9.90 Å². The Hall–Kier alpha value is -2.59. The number of aromatic amines is 1. The molecule has 0 atom stereocenters. The molecule has 0 radical (unpaired) electrons. The van der Waals surface area contributed by atoms with E-state index in [9.17, 15) is 0 Å². The van der Waals surface area contributed by atoms with Gasteiger partial charge in [-0.2, -0.15) is 0 Å². The third-order valence-corrected chi connectivity index (χ3v) is 4.39. The van der Waals surface area contributed by atoms with Crippen LogP contribution >= 0.6 is 0 Å². The number of carbonyl (C=O) groups excluding carboxylic acids is 1. The lowest BCUT2D eigenvalue weighted by Gasteiger charge is -2.05. The monoisotopic (exact) mass is 336 g/mol. The zero-order chi connectivity index (χ0) is 17.6. The molecule has 4 heteroatoms. The number of carboxylic acid groups (broad SMARTS) is 1. The van der Waals surface area contributed by atoms with Crippen LogP contribution in [0.4, 0.5) is 0 Å². The van der Waals surface area contributed by atoms with E-state index in [2.05, 4.69) is 64.9 Å². The molecule has 3 N–H and O–H groups in total. The van der Waals surface area contributed by atoms with Crippen LogP contribution in [0.5, 0.6) is 0 Å². The number of nitrogens with two attached hydrogens (primary N) is 1. The van der Waals surface area contributed by atoms with Crippen LogP contribution in [0.2, 0.25) is 0 Å². The molecule has 25 heavy (non-hydrogen) atoms. The number of aliphatic carboxylic acids is 1. The Bertz CT molecular complexity index is 831. The average molecular weight is 336 g/mol. The van der Waals surface area contributed by atoms with Gasteiger partial charge in [0.1, 0.15) is 0 Å². The molecule has 1 saturated carbocycles. The molecule has 130 valence electrons. The lowest BCUT2D eigenvalue weighted by atomic mass is 10.0. The number of aromatic nitrogens is 1. The minimum absolute atomic E-state index is 0.899. The molecular formula is C21H24N2O2. The minimum Gasteiger partial charge on any atom is -0.550 e. The Morgan fingerprint density at radius 3 is 2.44 bits per heavy atom. The second kappa shape index (κ2) is 7.99. The van der Waals surface area contributed by atoms with Gasteiger partial charge in [0.15, 0.2) is 0 Å². The first-order valence-corrected chi connectivity index (χ1v) is 8.81. The van der Waals surface area contributed by atoms with Crippen molar-refractivity contribution in [3.63, 3.8) is 0 Å². The summed E-state index contributed by atoms with van der Waals surface area (Å²) >= 11 is 0. The number of carboxylic acids is 1. The van der Waals surface area contributed by atoms with Crippen LogP contribution < -0.4 is 10.4 Å². The van der Waals surface area contributed by atoms with Crippen molar-refractivity contribution in [1.29, 1.82) is 0 Å². The third kappa shape index (κ3) is 4.70. The van der Waals surface area contributed by atoms with Gasteiger partial charge >= 0.3 is 0 Å². The molecule has 4 rings (SSSR count). The first kappa shape index (κ1) is 17.2. The fraction of sp³-hybridized carbons (Fsp3) is 0.286. The summed E-state index contributed by atoms with van der Waals surface area (Å²) in [6, 6.07) is 20.2. The van der Waals surface area contributed by atoms with Crippen molar-refractivity contribution in [2.45, 2.75) is 32.2 Å². The SMILES string of the molecule is CC(=O)[O-].c1ccc(-c2[nH]c3ccccc3c2CC[NH2+]C2CC2)cc1. The van der Waals surface area contributed by atoms with E-state index in [0.29, 0.717) is 0 Å². The fourth-order valence-corrected chi connectivity index (χ4v) is 3.11.